The Labute approximate surface area is 127 Å². The van der Waals surface area contributed by atoms with E-state index in [2.05, 4.69) is 37.9 Å². The van der Waals surface area contributed by atoms with Crippen LogP contribution in [0.2, 0.25) is 0 Å². The summed E-state index contributed by atoms with van der Waals surface area (Å²) in [7, 11) is 3.74. The Morgan fingerprint density at radius 3 is 2.55 bits per heavy atom. The van der Waals surface area contributed by atoms with E-state index in [0.29, 0.717) is 12.0 Å². The van der Waals surface area contributed by atoms with Crippen molar-refractivity contribution in [3.63, 3.8) is 0 Å². The van der Waals surface area contributed by atoms with Crippen molar-refractivity contribution < 1.29 is 4.74 Å². The van der Waals surface area contributed by atoms with Gasteiger partial charge in [0.2, 0.25) is 0 Å². The first-order chi connectivity index (χ1) is 9.54. The van der Waals surface area contributed by atoms with Crippen molar-refractivity contribution in [2.75, 3.05) is 32.2 Å². The van der Waals surface area contributed by atoms with E-state index in [1.54, 1.807) is 7.11 Å². The highest BCUT2D eigenvalue weighted by molar-refractivity contribution is 7.15. The number of rotatable bonds is 9. The Morgan fingerprint density at radius 2 is 2.05 bits per heavy atom. The first-order valence-corrected chi connectivity index (χ1v) is 8.26. The molecule has 1 aromatic rings. The molecule has 20 heavy (non-hydrogen) atoms. The summed E-state index contributed by atoms with van der Waals surface area (Å²) < 4.78 is 5.22. The Hall–Kier alpha value is -0.650. The van der Waals surface area contributed by atoms with Crippen molar-refractivity contribution in [1.29, 1.82) is 0 Å². The molecule has 1 unspecified atom stereocenters. The standard InChI is InChI=1S/C15H29N3OS/c1-7-12(4)14-13(10-16-5)20-15(17-14)18(11(2)3)8-9-19-6/h11-12,16H,7-10H2,1-6H3. The van der Waals surface area contributed by atoms with E-state index in [4.69, 9.17) is 9.72 Å². The fourth-order valence-electron chi connectivity index (χ4n) is 2.10. The van der Waals surface area contributed by atoms with Crippen molar-refractivity contribution in [3.05, 3.63) is 10.6 Å². The van der Waals surface area contributed by atoms with Crippen molar-refractivity contribution in [3.8, 4) is 0 Å². The molecule has 1 aromatic heterocycles. The van der Waals surface area contributed by atoms with E-state index >= 15 is 0 Å². The number of ether oxygens (including phenoxy) is 1. The van der Waals surface area contributed by atoms with E-state index in [1.165, 1.54) is 10.6 Å². The topological polar surface area (TPSA) is 37.4 Å². The van der Waals surface area contributed by atoms with Gasteiger partial charge in [-0.15, -0.1) is 11.3 Å². The zero-order chi connectivity index (χ0) is 15.1. The first kappa shape index (κ1) is 17.4. The lowest BCUT2D eigenvalue weighted by atomic mass is 10.0. The van der Waals surface area contributed by atoms with Gasteiger partial charge in [0.15, 0.2) is 5.13 Å². The van der Waals surface area contributed by atoms with Gasteiger partial charge in [0, 0.05) is 31.1 Å². The summed E-state index contributed by atoms with van der Waals surface area (Å²) in [5.74, 6) is 0.514. The quantitative estimate of drug-likeness (QED) is 0.759. The molecule has 0 aliphatic heterocycles. The summed E-state index contributed by atoms with van der Waals surface area (Å²) >= 11 is 1.81. The molecule has 1 rings (SSSR count). The zero-order valence-electron chi connectivity index (χ0n) is 13.7. The molecule has 0 bridgehead atoms. The van der Waals surface area contributed by atoms with Crippen molar-refractivity contribution in [2.24, 2.45) is 0 Å². The summed E-state index contributed by atoms with van der Waals surface area (Å²) in [6.45, 7) is 11.4. The third-order valence-corrected chi connectivity index (χ3v) is 4.65. The predicted molar refractivity (Wildman–Crippen MR) is 87.9 cm³/mol. The maximum Gasteiger partial charge on any atom is 0.186 e. The normalized spacial score (nSPS) is 12.9. The number of nitrogens with zero attached hydrogens (tertiary/aromatic N) is 2. The molecule has 4 nitrogen and oxygen atoms in total. The van der Waals surface area contributed by atoms with Crippen LogP contribution in [0.4, 0.5) is 5.13 Å². The summed E-state index contributed by atoms with van der Waals surface area (Å²) in [5, 5.41) is 4.38. The van der Waals surface area contributed by atoms with E-state index in [-0.39, 0.29) is 0 Å². The van der Waals surface area contributed by atoms with Gasteiger partial charge in [-0.3, -0.25) is 0 Å². The van der Waals surface area contributed by atoms with Crippen LogP contribution in [0.3, 0.4) is 0 Å². The van der Waals surface area contributed by atoms with E-state index < -0.39 is 0 Å². The number of anilines is 1. The molecule has 1 atom stereocenters. The molecule has 5 heteroatoms. The van der Waals surface area contributed by atoms with E-state index in [1.807, 2.05) is 18.4 Å². The van der Waals surface area contributed by atoms with Crippen LogP contribution < -0.4 is 10.2 Å². The van der Waals surface area contributed by atoms with E-state index in [0.717, 1.165) is 31.2 Å². The Bertz CT molecular complexity index is 392. The van der Waals surface area contributed by atoms with Crippen LogP contribution in [-0.4, -0.2) is 38.3 Å². The lowest BCUT2D eigenvalue weighted by molar-refractivity contribution is 0.204. The van der Waals surface area contributed by atoms with Crippen molar-refractivity contribution >= 4 is 16.5 Å². The lowest BCUT2D eigenvalue weighted by Crippen LogP contribution is -2.33. The molecule has 1 heterocycles. The van der Waals surface area contributed by atoms with Gasteiger partial charge in [-0.1, -0.05) is 13.8 Å². The Kier molecular flexibility index (Phi) is 7.48. The second-order valence-electron chi connectivity index (χ2n) is 5.42. The summed E-state index contributed by atoms with van der Waals surface area (Å²) in [5.41, 5.74) is 1.25. The predicted octanol–water partition coefficient (Wildman–Crippen LogP) is 3.24. The SMILES string of the molecule is CCC(C)c1nc(N(CCOC)C(C)C)sc1CNC. The van der Waals surface area contributed by atoms with Crippen LogP contribution in [0, 0.1) is 0 Å². The van der Waals surface area contributed by atoms with Crippen LogP contribution in [0.1, 0.15) is 50.6 Å². The molecular weight excluding hydrogens is 270 g/mol. The monoisotopic (exact) mass is 299 g/mol. The number of hydrogen-bond acceptors (Lipinski definition) is 5. The summed E-state index contributed by atoms with van der Waals surface area (Å²) in [6.07, 6.45) is 1.12. The van der Waals surface area contributed by atoms with Crippen molar-refractivity contribution in [1.82, 2.24) is 10.3 Å². The average molecular weight is 299 g/mol. The molecule has 0 saturated heterocycles. The van der Waals surface area contributed by atoms with E-state index in [9.17, 15) is 0 Å². The summed E-state index contributed by atoms with van der Waals surface area (Å²) in [6, 6.07) is 0.434. The largest absolute Gasteiger partial charge is 0.383 e. The van der Waals surface area contributed by atoms with Crippen molar-refractivity contribution in [2.45, 2.75) is 52.6 Å². The maximum absolute atomic E-state index is 5.22. The molecule has 116 valence electrons. The van der Waals surface area contributed by atoms with Crippen LogP contribution >= 0.6 is 11.3 Å². The Balaban J connectivity index is 3.03. The highest BCUT2D eigenvalue weighted by atomic mass is 32.1. The van der Waals surface area contributed by atoms with Crippen LogP contribution in [0.5, 0.6) is 0 Å². The number of hydrogen-bond donors (Lipinski definition) is 1. The van der Waals surface area contributed by atoms with Crippen LogP contribution in [-0.2, 0) is 11.3 Å². The second kappa shape index (κ2) is 8.60. The Morgan fingerprint density at radius 1 is 1.35 bits per heavy atom. The number of nitrogens with one attached hydrogen (secondary N) is 1. The van der Waals surface area contributed by atoms with Gasteiger partial charge < -0.3 is 15.0 Å². The molecule has 0 amide bonds. The number of aromatic nitrogens is 1. The van der Waals surface area contributed by atoms with Gasteiger partial charge in [0.25, 0.3) is 0 Å². The van der Waals surface area contributed by atoms with Crippen LogP contribution in [0.25, 0.3) is 0 Å². The number of thiazole rings is 1. The molecule has 1 N–H and O–H groups in total. The average Bonchev–Trinajstić information content (AvgIpc) is 2.82. The maximum atomic E-state index is 5.22. The fourth-order valence-corrected chi connectivity index (χ4v) is 3.46. The molecule has 0 radical (unpaired) electrons. The molecule has 0 aromatic carbocycles. The van der Waals surface area contributed by atoms with Gasteiger partial charge in [-0.05, 0) is 33.2 Å². The van der Waals surface area contributed by atoms with Gasteiger partial charge >= 0.3 is 0 Å². The lowest BCUT2D eigenvalue weighted by Gasteiger charge is -2.25. The summed E-state index contributed by atoms with van der Waals surface area (Å²) in [4.78, 5) is 8.62. The highest BCUT2D eigenvalue weighted by Gasteiger charge is 2.20. The minimum absolute atomic E-state index is 0.434. The van der Waals surface area contributed by atoms with Gasteiger partial charge in [0.1, 0.15) is 0 Å². The zero-order valence-corrected chi connectivity index (χ0v) is 14.5. The second-order valence-corrected chi connectivity index (χ2v) is 6.49. The molecule has 0 aliphatic carbocycles. The molecule has 0 spiro atoms. The smallest absolute Gasteiger partial charge is 0.186 e. The third-order valence-electron chi connectivity index (χ3n) is 3.54. The van der Waals surface area contributed by atoms with Crippen LogP contribution in [0.15, 0.2) is 0 Å². The third kappa shape index (κ3) is 4.43. The number of methoxy groups -OCH3 is 1. The molecule has 0 fully saturated rings. The minimum Gasteiger partial charge on any atom is -0.383 e. The minimum atomic E-state index is 0.434. The van der Waals surface area contributed by atoms with Gasteiger partial charge in [0.05, 0.1) is 12.3 Å². The molecule has 0 aliphatic rings. The fraction of sp³-hybridized carbons (Fsp3) is 0.800. The highest BCUT2D eigenvalue weighted by Crippen LogP contribution is 2.32. The van der Waals surface area contributed by atoms with Gasteiger partial charge in [-0.2, -0.15) is 0 Å². The molecular formula is C15H29N3OS. The van der Waals surface area contributed by atoms with Gasteiger partial charge in [-0.25, -0.2) is 4.98 Å². The first-order valence-electron chi connectivity index (χ1n) is 7.44. The molecule has 0 saturated carbocycles.